The Morgan fingerprint density at radius 3 is 2.34 bits per heavy atom. The molecule has 0 unspecified atom stereocenters. The van der Waals surface area contributed by atoms with Gasteiger partial charge in [-0.3, -0.25) is 29.8 Å². The highest BCUT2D eigenvalue weighted by atomic mass is 35.5. The number of nitrogens with zero attached hydrogens (tertiary/aromatic N) is 3. The number of benzene rings is 2. The topological polar surface area (TPSA) is 157 Å². The van der Waals surface area contributed by atoms with Crippen LogP contribution in [0.2, 0.25) is 5.02 Å². The summed E-state index contributed by atoms with van der Waals surface area (Å²) in [5.74, 6) is -1.24. The number of rotatable bonds is 7. The first-order valence-corrected chi connectivity index (χ1v) is 8.37. The highest BCUT2D eigenvalue weighted by molar-refractivity contribution is 6.33. The van der Waals surface area contributed by atoms with E-state index in [-0.39, 0.29) is 39.8 Å². The van der Waals surface area contributed by atoms with Gasteiger partial charge in [-0.15, -0.1) is 0 Å². The Balaban J connectivity index is 1.99. The number of hydrogen-bond donors (Lipinski definition) is 2. The second-order valence-corrected chi connectivity index (χ2v) is 6.12. The van der Waals surface area contributed by atoms with Crippen molar-refractivity contribution in [2.45, 2.75) is 13.3 Å². The summed E-state index contributed by atoms with van der Waals surface area (Å²) in [7, 11) is 0. The Bertz CT molecular complexity index is 1020. The van der Waals surface area contributed by atoms with E-state index < -0.39 is 21.7 Å². The van der Waals surface area contributed by atoms with Gasteiger partial charge in [0, 0.05) is 23.4 Å². The van der Waals surface area contributed by atoms with E-state index in [1.54, 1.807) is 6.07 Å². The molecule has 29 heavy (non-hydrogen) atoms. The summed E-state index contributed by atoms with van der Waals surface area (Å²) in [5, 5.41) is 27.7. The number of nitrogens with one attached hydrogen (secondary N) is 2. The molecule has 0 aliphatic rings. The van der Waals surface area contributed by atoms with Gasteiger partial charge in [-0.2, -0.15) is 5.10 Å². The lowest BCUT2D eigenvalue weighted by Crippen LogP contribution is -2.21. The number of halogens is 1. The van der Waals surface area contributed by atoms with Crippen LogP contribution < -0.4 is 10.7 Å². The zero-order valence-corrected chi connectivity index (χ0v) is 15.7. The lowest BCUT2D eigenvalue weighted by molar-refractivity contribution is -0.384. The number of nitro benzene ring substituents is 2. The molecule has 0 fully saturated rings. The smallest absolute Gasteiger partial charge is 0.292 e. The van der Waals surface area contributed by atoms with Crippen molar-refractivity contribution in [1.29, 1.82) is 0 Å². The monoisotopic (exact) mass is 419 g/mol. The molecule has 2 N–H and O–H groups in total. The van der Waals surface area contributed by atoms with Crippen LogP contribution in [0, 0.1) is 20.2 Å². The third kappa shape index (κ3) is 5.81. The Kier molecular flexibility index (Phi) is 6.93. The Labute approximate surface area is 168 Å². The van der Waals surface area contributed by atoms with Crippen molar-refractivity contribution in [3.8, 4) is 0 Å². The molecular formula is C17H14ClN5O6. The fourth-order valence-electron chi connectivity index (χ4n) is 2.21. The third-order valence-corrected chi connectivity index (χ3v) is 3.85. The summed E-state index contributed by atoms with van der Waals surface area (Å²) in [6.07, 6.45) is -0.229. The summed E-state index contributed by atoms with van der Waals surface area (Å²) in [6, 6.07) is 9.09. The molecule has 0 spiro atoms. The molecule has 150 valence electrons. The molecule has 0 saturated heterocycles. The molecule has 0 heterocycles. The highest BCUT2D eigenvalue weighted by Gasteiger charge is 2.16. The second-order valence-electron chi connectivity index (χ2n) is 5.71. The maximum atomic E-state index is 12.1. The fourth-order valence-corrected chi connectivity index (χ4v) is 2.46. The van der Waals surface area contributed by atoms with Crippen molar-refractivity contribution in [2.24, 2.45) is 5.10 Å². The average Bonchev–Trinajstić information content (AvgIpc) is 2.65. The molecule has 0 aliphatic heterocycles. The first-order chi connectivity index (χ1) is 13.7. The molecule has 2 rings (SSSR count). The minimum absolute atomic E-state index is 0.0415. The van der Waals surface area contributed by atoms with Crippen LogP contribution in [0.25, 0.3) is 0 Å². The van der Waals surface area contributed by atoms with Crippen LogP contribution in [-0.4, -0.2) is 27.4 Å². The molecule has 2 aromatic carbocycles. The Morgan fingerprint density at radius 2 is 1.72 bits per heavy atom. The van der Waals surface area contributed by atoms with E-state index in [4.69, 9.17) is 11.6 Å². The van der Waals surface area contributed by atoms with E-state index in [2.05, 4.69) is 15.8 Å². The number of amides is 2. The number of anilines is 1. The standard InChI is InChI=1S/C17H14ClN5O6/c1-10(8-16(24)19-13-4-2-3-5-15(13)23(28)29)20-21-17(25)11-6-7-14(22(26)27)12(18)9-11/h2-7,9H,8H2,1H3,(H,19,24)(H,21,25). The first-order valence-electron chi connectivity index (χ1n) is 7.99. The minimum Gasteiger partial charge on any atom is -0.320 e. The van der Waals surface area contributed by atoms with Crippen molar-refractivity contribution < 1.29 is 19.4 Å². The summed E-state index contributed by atoms with van der Waals surface area (Å²) in [5.41, 5.74) is 1.93. The average molecular weight is 420 g/mol. The maximum Gasteiger partial charge on any atom is 0.292 e. The normalized spacial score (nSPS) is 10.9. The van der Waals surface area contributed by atoms with Gasteiger partial charge in [0.2, 0.25) is 5.91 Å². The van der Waals surface area contributed by atoms with Crippen molar-refractivity contribution in [3.05, 3.63) is 73.3 Å². The number of hydrazone groups is 1. The van der Waals surface area contributed by atoms with E-state index >= 15 is 0 Å². The predicted octanol–water partition coefficient (Wildman–Crippen LogP) is 3.29. The molecule has 0 bridgehead atoms. The molecule has 0 radical (unpaired) electrons. The van der Waals surface area contributed by atoms with Crippen LogP contribution >= 0.6 is 11.6 Å². The molecule has 0 saturated carbocycles. The summed E-state index contributed by atoms with van der Waals surface area (Å²) >= 11 is 5.75. The SMILES string of the molecule is CC(CC(=O)Nc1ccccc1[N+](=O)[O-])=NNC(=O)c1ccc([N+](=O)[O-])c(Cl)c1. The van der Waals surface area contributed by atoms with E-state index in [1.807, 2.05) is 0 Å². The maximum absolute atomic E-state index is 12.1. The Morgan fingerprint density at radius 1 is 1.07 bits per heavy atom. The summed E-state index contributed by atoms with van der Waals surface area (Å²) in [6.45, 7) is 1.47. The second kappa shape index (κ2) is 9.37. The van der Waals surface area contributed by atoms with Crippen molar-refractivity contribution in [1.82, 2.24) is 5.43 Å². The van der Waals surface area contributed by atoms with Gasteiger partial charge in [0.25, 0.3) is 17.3 Å². The van der Waals surface area contributed by atoms with Gasteiger partial charge >= 0.3 is 0 Å². The lowest BCUT2D eigenvalue weighted by atomic mass is 10.2. The molecular weight excluding hydrogens is 406 g/mol. The first kappa shape index (κ1) is 21.4. The third-order valence-electron chi connectivity index (χ3n) is 3.55. The molecule has 0 aliphatic carbocycles. The minimum atomic E-state index is -0.680. The van der Waals surface area contributed by atoms with Crippen LogP contribution in [-0.2, 0) is 4.79 Å². The van der Waals surface area contributed by atoms with Crippen molar-refractivity contribution >= 4 is 46.2 Å². The van der Waals surface area contributed by atoms with Crippen LogP contribution in [0.4, 0.5) is 17.1 Å². The molecule has 2 amide bonds. The van der Waals surface area contributed by atoms with Gasteiger partial charge in [-0.25, -0.2) is 5.43 Å². The number of carbonyl (C=O) groups is 2. The van der Waals surface area contributed by atoms with Crippen LogP contribution in [0.1, 0.15) is 23.7 Å². The number of hydrogen-bond acceptors (Lipinski definition) is 7. The van der Waals surface area contributed by atoms with Crippen LogP contribution in [0.3, 0.4) is 0 Å². The van der Waals surface area contributed by atoms with Gasteiger partial charge < -0.3 is 5.32 Å². The van der Waals surface area contributed by atoms with Crippen LogP contribution in [0.15, 0.2) is 47.6 Å². The highest BCUT2D eigenvalue weighted by Crippen LogP contribution is 2.25. The summed E-state index contributed by atoms with van der Waals surface area (Å²) < 4.78 is 0. The lowest BCUT2D eigenvalue weighted by Gasteiger charge is -2.06. The van der Waals surface area contributed by atoms with Gasteiger partial charge in [0.05, 0.1) is 16.3 Å². The number of nitro groups is 2. The van der Waals surface area contributed by atoms with Gasteiger partial charge in [0.1, 0.15) is 10.7 Å². The number of carbonyl (C=O) groups excluding carboxylic acids is 2. The molecule has 0 aromatic heterocycles. The van der Waals surface area contributed by atoms with Crippen molar-refractivity contribution in [3.63, 3.8) is 0 Å². The van der Waals surface area contributed by atoms with E-state index in [0.29, 0.717) is 0 Å². The predicted molar refractivity (Wildman–Crippen MR) is 105 cm³/mol. The zero-order chi connectivity index (χ0) is 21.6. The van der Waals surface area contributed by atoms with E-state index in [1.165, 1.54) is 31.2 Å². The largest absolute Gasteiger partial charge is 0.320 e. The molecule has 11 nitrogen and oxygen atoms in total. The quantitative estimate of drug-likeness (QED) is 0.398. The van der Waals surface area contributed by atoms with E-state index in [0.717, 1.165) is 12.1 Å². The van der Waals surface area contributed by atoms with Crippen LogP contribution in [0.5, 0.6) is 0 Å². The van der Waals surface area contributed by atoms with Gasteiger partial charge in [-0.05, 0) is 25.1 Å². The molecule has 0 atom stereocenters. The van der Waals surface area contributed by atoms with E-state index in [9.17, 15) is 29.8 Å². The molecule has 12 heteroatoms. The Hall–Kier alpha value is -3.86. The summed E-state index contributed by atoms with van der Waals surface area (Å²) in [4.78, 5) is 44.5. The fraction of sp³-hybridized carbons (Fsp3) is 0.118. The van der Waals surface area contributed by atoms with Crippen molar-refractivity contribution in [2.75, 3.05) is 5.32 Å². The molecule has 2 aromatic rings. The van der Waals surface area contributed by atoms with Gasteiger partial charge in [0.15, 0.2) is 0 Å². The number of para-hydroxylation sites is 2. The van der Waals surface area contributed by atoms with Gasteiger partial charge in [-0.1, -0.05) is 23.7 Å². The zero-order valence-electron chi connectivity index (χ0n) is 14.9.